The van der Waals surface area contributed by atoms with Gasteiger partial charge in [-0.15, -0.1) is 0 Å². The molecule has 1 aromatic rings. The van der Waals surface area contributed by atoms with Gasteiger partial charge in [-0.2, -0.15) is 0 Å². The lowest BCUT2D eigenvalue weighted by molar-refractivity contribution is 0.0172. The molecule has 1 saturated carbocycles. The van der Waals surface area contributed by atoms with Crippen molar-refractivity contribution in [2.45, 2.75) is 51.2 Å². The quantitative estimate of drug-likeness (QED) is 0.862. The van der Waals surface area contributed by atoms with E-state index < -0.39 is 0 Å². The summed E-state index contributed by atoms with van der Waals surface area (Å²) in [6.45, 7) is 2.67. The summed E-state index contributed by atoms with van der Waals surface area (Å²) in [5.74, 6) is 1.47. The van der Waals surface area contributed by atoms with Crippen LogP contribution in [0.3, 0.4) is 0 Å². The SMILES string of the molecule is CCOc1cccc(C(N)C(OC)C2CCCCC2)c1. The van der Waals surface area contributed by atoms with E-state index in [0.29, 0.717) is 12.5 Å². The lowest BCUT2D eigenvalue weighted by Gasteiger charge is -2.33. The van der Waals surface area contributed by atoms with Gasteiger partial charge >= 0.3 is 0 Å². The molecule has 0 bridgehead atoms. The molecule has 2 rings (SSSR count). The van der Waals surface area contributed by atoms with Crippen molar-refractivity contribution in [1.82, 2.24) is 0 Å². The number of hydrogen-bond donors (Lipinski definition) is 1. The molecule has 0 heterocycles. The Hall–Kier alpha value is -1.06. The highest BCUT2D eigenvalue weighted by atomic mass is 16.5. The Bertz CT molecular complexity index is 402. The van der Waals surface area contributed by atoms with Gasteiger partial charge in [0.05, 0.1) is 18.8 Å². The van der Waals surface area contributed by atoms with Crippen LogP contribution in [-0.2, 0) is 4.74 Å². The number of methoxy groups -OCH3 is 1. The van der Waals surface area contributed by atoms with Gasteiger partial charge in [0.2, 0.25) is 0 Å². The average molecular weight is 277 g/mol. The van der Waals surface area contributed by atoms with Gasteiger partial charge in [-0.1, -0.05) is 31.4 Å². The second kappa shape index (κ2) is 7.65. The highest BCUT2D eigenvalue weighted by Gasteiger charge is 2.29. The van der Waals surface area contributed by atoms with Crippen LogP contribution in [0, 0.1) is 5.92 Å². The Labute approximate surface area is 122 Å². The summed E-state index contributed by atoms with van der Waals surface area (Å²) in [6.07, 6.45) is 6.52. The summed E-state index contributed by atoms with van der Waals surface area (Å²) in [5.41, 5.74) is 7.57. The molecule has 1 aromatic carbocycles. The average Bonchev–Trinajstić information content (AvgIpc) is 2.50. The van der Waals surface area contributed by atoms with Crippen molar-refractivity contribution >= 4 is 0 Å². The Kier molecular flexibility index (Phi) is 5.86. The summed E-state index contributed by atoms with van der Waals surface area (Å²) in [5, 5.41) is 0. The van der Waals surface area contributed by atoms with E-state index in [0.717, 1.165) is 11.3 Å². The first-order chi connectivity index (χ1) is 9.76. The molecule has 20 heavy (non-hydrogen) atoms. The predicted molar refractivity (Wildman–Crippen MR) is 81.9 cm³/mol. The summed E-state index contributed by atoms with van der Waals surface area (Å²) in [6, 6.07) is 8.02. The summed E-state index contributed by atoms with van der Waals surface area (Å²) in [7, 11) is 1.78. The van der Waals surface area contributed by atoms with Crippen LogP contribution < -0.4 is 10.5 Å². The molecule has 0 saturated heterocycles. The Morgan fingerprint density at radius 1 is 1.25 bits per heavy atom. The predicted octanol–water partition coefficient (Wildman–Crippen LogP) is 3.68. The molecule has 1 aliphatic carbocycles. The zero-order valence-electron chi connectivity index (χ0n) is 12.7. The summed E-state index contributed by atoms with van der Waals surface area (Å²) >= 11 is 0. The molecular weight excluding hydrogens is 250 g/mol. The van der Waals surface area contributed by atoms with Crippen LogP contribution in [0.5, 0.6) is 5.75 Å². The van der Waals surface area contributed by atoms with E-state index in [1.165, 1.54) is 32.1 Å². The van der Waals surface area contributed by atoms with Gasteiger partial charge in [0.25, 0.3) is 0 Å². The van der Waals surface area contributed by atoms with Crippen LogP contribution >= 0.6 is 0 Å². The topological polar surface area (TPSA) is 44.5 Å². The highest BCUT2D eigenvalue weighted by molar-refractivity contribution is 5.31. The van der Waals surface area contributed by atoms with Gasteiger partial charge in [-0.25, -0.2) is 0 Å². The maximum atomic E-state index is 6.47. The largest absolute Gasteiger partial charge is 0.494 e. The third-order valence-corrected chi connectivity index (χ3v) is 4.29. The van der Waals surface area contributed by atoms with Crippen molar-refractivity contribution in [3.8, 4) is 5.75 Å². The highest BCUT2D eigenvalue weighted by Crippen LogP contribution is 2.33. The number of benzene rings is 1. The van der Waals surface area contributed by atoms with E-state index in [-0.39, 0.29) is 12.1 Å². The van der Waals surface area contributed by atoms with Crippen molar-refractivity contribution in [1.29, 1.82) is 0 Å². The molecule has 2 N–H and O–H groups in total. The zero-order valence-corrected chi connectivity index (χ0v) is 12.7. The lowest BCUT2D eigenvalue weighted by Crippen LogP contribution is -2.35. The van der Waals surface area contributed by atoms with Crippen LogP contribution in [0.4, 0.5) is 0 Å². The summed E-state index contributed by atoms with van der Waals surface area (Å²) < 4.78 is 11.3. The minimum atomic E-state index is -0.0801. The van der Waals surface area contributed by atoms with E-state index in [1.807, 2.05) is 25.1 Å². The molecule has 3 nitrogen and oxygen atoms in total. The molecule has 2 unspecified atom stereocenters. The zero-order chi connectivity index (χ0) is 14.4. The van der Waals surface area contributed by atoms with Crippen LogP contribution in [0.15, 0.2) is 24.3 Å². The molecule has 1 aliphatic rings. The van der Waals surface area contributed by atoms with Crippen molar-refractivity contribution in [3.05, 3.63) is 29.8 Å². The normalized spacial score (nSPS) is 19.6. The Morgan fingerprint density at radius 3 is 2.65 bits per heavy atom. The van der Waals surface area contributed by atoms with Crippen LogP contribution in [0.1, 0.15) is 50.6 Å². The van der Waals surface area contributed by atoms with Gasteiger partial charge in [-0.3, -0.25) is 0 Å². The number of nitrogens with two attached hydrogens (primary N) is 1. The van der Waals surface area contributed by atoms with Crippen molar-refractivity contribution in [2.75, 3.05) is 13.7 Å². The minimum Gasteiger partial charge on any atom is -0.494 e. The van der Waals surface area contributed by atoms with Gasteiger partial charge < -0.3 is 15.2 Å². The molecule has 0 aromatic heterocycles. The van der Waals surface area contributed by atoms with Crippen LogP contribution in [-0.4, -0.2) is 19.8 Å². The molecule has 0 aliphatic heterocycles. The molecular formula is C17H27NO2. The fourth-order valence-corrected chi connectivity index (χ4v) is 3.26. The number of hydrogen-bond acceptors (Lipinski definition) is 3. The Balaban J connectivity index is 2.10. The first kappa shape index (κ1) is 15.3. The molecule has 3 heteroatoms. The monoisotopic (exact) mass is 277 g/mol. The standard InChI is InChI=1S/C17H27NO2/c1-3-20-15-11-7-10-14(12-15)16(18)17(19-2)13-8-5-4-6-9-13/h7,10-13,16-17H,3-6,8-9,18H2,1-2H3. The number of ether oxygens (including phenoxy) is 2. The molecule has 0 amide bonds. The summed E-state index contributed by atoms with van der Waals surface area (Å²) in [4.78, 5) is 0. The third-order valence-electron chi connectivity index (χ3n) is 4.29. The van der Waals surface area contributed by atoms with Crippen molar-refractivity contribution in [3.63, 3.8) is 0 Å². The van der Waals surface area contributed by atoms with E-state index in [2.05, 4.69) is 6.07 Å². The van der Waals surface area contributed by atoms with Crippen LogP contribution in [0.2, 0.25) is 0 Å². The third kappa shape index (κ3) is 3.74. The van der Waals surface area contributed by atoms with Crippen LogP contribution in [0.25, 0.3) is 0 Å². The van der Waals surface area contributed by atoms with Gasteiger partial charge in [-0.05, 0) is 43.4 Å². The lowest BCUT2D eigenvalue weighted by atomic mass is 9.81. The Morgan fingerprint density at radius 2 is 2.00 bits per heavy atom. The minimum absolute atomic E-state index is 0.0801. The molecule has 0 spiro atoms. The second-order valence-electron chi connectivity index (χ2n) is 5.63. The van der Waals surface area contributed by atoms with E-state index >= 15 is 0 Å². The fourth-order valence-electron chi connectivity index (χ4n) is 3.26. The van der Waals surface area contributed by atoms with E-state index in [4.69, 9.17) is 15.2 Å². The van der Waals surface area contributed by atoms with Crippen molar-refractivity contribution < 1.29 is 9.47 Å². The maximum absolute atomic E-state index is 6.47. The maximum Gasteiger partial charge on any atom is 0.119 e. The smallest absolute Gasteiger partial charge is 0.119 e. The van der Waals surface area contributed by atoms with Gasteiger partial charge in [0, 0.05) is 7.11 Å². The second-order valence-corrected chi connectivity index (χ2v) is 5.63. The van der Waals surface area contributed by atoms with Crippen molar-refractivity contribution in [2.24, 2.45) is 11.7 Å². The van der Waals surface area contributed by atoms with Gasteiger partial charge in [0.15, 0.2) is 0 Å². The molecule has 2 atom stereocenters. The molecule has 1 fully saturated rings. The van der Waals surface area contributed by atoms with E-state index in [1.54, 1.807) is 7.11 Å². The van der Waals surface area contributed by atoms with E-state index in [9.17, 15) is 0 Å². The van der Waals surface area contributed by atoms with Gasteiger partial charge in [0.1, 0.15) is 5.75 Å². The number of rotatable bonds is 6. The first-order valence-electron chi connectivity index (χ1n) is 7.77. The molecule has 0 radical (unpaired) electrons. The fraction of sp³-hybridized carbons (Fsp3) is 0.647. The molecule has 112 valence electrons. The first-order valence-corrected chi connectivity index (χ1v) is 7.77.